The summed E-state index contributed by atoms with van der Waals surface area (Å²) < 4.78 is 10.3. The molecule has 3 rings (SSSR count). The monoisotopic (exact) mass is 584 g/mol. The summed E-state index contributed by atoms with van der Waals surface area (Å²) in [5.41, 5.74) is 1.39. The highest BCUT2D eigenvalue weighted by molar-refractivity contribution is 5.89. The number of hydrogen-bond acceptors (Lipinski definition) is 9. The van der Waals surface area contributed by atoms with Gasteiger partial charge in [-0.05, 0) is 93.0 Å². The number of carbonyl (C=O) groups excluding carboxylic acids is 2. The molecule has 0 aromatic heterocycles. The van der Waals surface area contributed by atoms with Crippen LogP contribution in [-0.2, 0) is 16.0 Å². The third kappa shape index (κ3) is 11.0. The van der Waals surface area contributed by atoms with E-state index in [4.69, 9.17) is 19.7 Å². The summed E-state index contributed by atoms with van der Waals surface area (Å²) in [4.78, 5) is 24.2. The normalized spacial score (nSPS) is 21.1. The third-order valence-electron chi connectivity index (χ3n) is 7.79. The van der Waals surface area contributed by atoms with E-state index in [1.807, 2.05) is 42.5 Å². The van der Waals surface area contributed by atoms with E-state index in [2.05, 4.69) is 0 Å². The number of aliphatic hydroxyl groups excluding tert-OH is 5. The summed E-state index contributed by atoms with van der Waals surface area (Å²) in [6, 6.07) is 15.9. The first kappa shape index (κ1) is 33.4. The Morgan fingerprint density at radius 3 is 2.29 bits per heavy atom. The lowest BCUT2D eigenvalue weighted by Crippen LogP contribution is -2.25. The maximum Gasteiger partial charge on any atom is 0.338 e. The lowest BCUT2D eigenvalue weighted by atomic mass is 9.85. The number of aliphatic hydroxyl groups is 5. The highest BCUT2D eigenvalue weighted by Gasteiger charge is 2.40. The van der Waals surface area contributed by atoms with Crippen molar-refractivity contribution in [3.05, 3.63) is 77.9 Å². The molecule has 0 spiro atoms. The third-order valence-corrected chi connectivity index (χ3v) is 7.79. The number of esters is 2. The SMILES string of the molecule is O=C(CCCC=CC[C@@H]1[C@@H](CC[C@@H](O)CCc2ccccc2)[C@H](O)C[C@@H]1O)Oc1ccc(C(=O)OC(CO)CO)cc1. The Kier molecular flexibility index (Phi) is 14.1. The molecule has 1 aliphatic carbocycles. The fourth-order valence-corrected chi connectivity index (χ4v) is 5.34. The van der Waals surface area contributed by atoms with Gasteiger partial charge >= 0.3 is 11.9 Å². The highest BCUT2D eigenvalue weighted by Crippen LogP contribution is 2.38. The lowest BCUT2D eigenvalue weighted by molar-refractivity contribution is -0.134. The van der Waals surface area contributed by atoms with Crippen molar-refractivity contribution >= 4 is 11.9 Å². The van der Waals surface area contributed by atoms with E-state index in [0.717, 1.165) is 6.42 Å². The Morgan fingerprint density at radius 1 is 0.905 bits per heavy atom. The van der Waals surface area contributed by atoms with Crippen LogP contribution < -0.4 is 4.74 Å². The summed E-state index contributed by atoms with van der Waals surface area (Å²) in [7, 11) is 0. The molecule has 0 bridgehead atoms. The summed E-state index contributed by atoms with van der Waals surface area (Å²) in [5, 5.41) is 49.5. The molecule has 0 amide bonds. The van der Waals surface area contributed by atoms with Gasteiger partial charge in [0.15, 0.2) is 0 Å². The van der Waals surface area contributed by atoms with Crippen LogP contribution in [-0.4, -0.2) is 75.1 Å². The first-order valence-corrected chi connectivity index (χ1v) is 14.8. The van der Waals surface area contributed by atoms with Crippen LogP contribution >= 0.6 is 0 Å². The summed E-state index contributed by atoms with van der Waals surface area (Å²) in [5.74, 6) is -0.946. The summed E-state index contributed by atoms with van der Waals surface area (Å²) in [6.07, 6.45) is 6.51. The van der Waals surface area contributed by atoms with Gasteiger partial charge in [0, 0.05) is 6.42 Å². The zero-order valence-corrected chi connectivity index (χ0v) is 24.0. The fourth-order valence-electron chi connectivity index (χ4n) is 5.34. The number of benzene rings is 2. The van der Waals surface area contributed by atoms with Crippen molar-refractivity contribution in [2.75, 3.05) is 13.2 Å². The lowest BCUT2D eigenvalue weighted by Gasteiger charge is -2.23. The van der Waals surface area contributed by atoms with Crippen molar-refractivity contribution in [1.82, 2.24) is 0 Å². The predicted octanol–water partition coefficient (Wildman–Crippen LogP) is 3.35. The number of allylic oxidation sites excluding steroid dienone is 2. The Labute approximate surface area is 247 Å². The van der Waals surface area contributed by atoms with Crippen molar-refractivity contribution in [3.8, 4) is 5.75 Å². The molecule has 0 unspecified atom stereocenters. The topological polar surface area (TPSA) is 154 Å². The molecule has 0 aliphatic heterocycles. The molecule has 42 heavy (non-hydrogen) atoms. The second kappa shape index (κ2) is 17.8. The van der Waals surface area contributed by atoms with Crippen molar-refractivity contribution < 1.29 is 44.6 Å². The molecule has 1 aliphatic rings. The molecule has 9 nitrogen and oxygen atoms in total. The molecule has 5 N–H and O–H groups in total. The number of hydrogen-bond donors (Lipinski definition) is 5. The average Bonchev–Trinajstić information content (AvgIpc) is 3.27. The van der Waals surface area contributed by atoms with Crippen LogP contribution in [0.2, 0.25) is 0 Å². The van der Waals surface area contributed by atoms with Crippen LogP contribution in [0.5, 0.6) is 5.75 Å². The predicted molar refractivity (Wildman–Crippen MR) is 157 cm³/mol. The average molecular weight is 585 g/mol. The fraction of sp³-hybridized carbons (Fsp3) is 0.515. The quantitative estimate of drug-likeness (QED) is 0.0815. The summed E-state index contributed by atoms with van der Waals surface area (Å²) >= 11 is 0. The van der Waals surface area contributed by atoms with Crippen LogP contribution in [0.3, 0.4) is 0 Å². The van der Waals surface area contributed by atoms with Crippen LogP contribution in [0.1, 0.15) is 67.3 Å². The largest absolute Gasteiger partial charge is 0.454 e. The van der Waals surface area contributed by atoms with Crippen LogP contribution in [0.4, 0.5) is 0 Å². The molecular weight excluding hydrogens is 540 g/mol. The molecule has 0 heterocycles. The molecule has 2 aromatic rings. The maximum absolute atomic E-state index is 12.2. The number of carbonyl (C=O) groups is 2. The van der Waals surface area contributed by atoms with E-state index < -0.39 is 49.6 Å². The Bertz CT molecular complexity index is 1100. The van der Waals surface area contributed by atoms with Crippen molar-refractivity contribution in [3.63, 3.8) is 0 Å². The van der Waals surface area contributed by atoms with E-state index in [-0.39, 0.29) is 29.6 Å². The Morgan fingerprint density at radius 2 is 1.60 bits per heavy atom. The smallest absolute Gasteiger partial charge is 0.338 e. The van der Waals surface area contributed by atoms with Gasteiger partial charge in [-0.1, -0.05) is 42.5 Å². The zero-order chi connectivity index (χ0) is 30.3. The van der Waals surface area contributed by atoms with Crippen LogP contribution in [0, 0.1) is 11.8 Å². The first-order valence-electron chi connectivity index (χ1n) is 14.8. The molecule has 2 aromatic carbocycles. The molecule has 0 saturated heterocycles. The molecule has 0 radical (unpaired) electrons. The van der Waals surface area contributed by atoms with E-state index >= 15 is 0 Å². The minimum Gasteiger partial charge on any atom is -0.454 e. The number of unbranched alkanes of at least 4 members (excludes halogenated alkanes) is 1. The van der Waals surface area contributed by atoms with Crippen molar-refractivity contribution in [2.24, 2.45) is 11.8 Å². The van der Waals surface area contributed by atoms with Gasteiger partial charge in [-0.3, -0.25) is 4.79 Å². The van der Waals surface area contributed by atoms with Crippen molar-refractivity contribution in [2.45, 2.75) is 82.2 Å². The second-order valence-corrected chi connectivity index (χ2v) is 10.9. The van der Waals surface area contributed by atoms with Gasteiger partial charge < -0.3 is 35.0 Å². The Hall–Kier alpha value is -3.08. The van der Waals surface area contributed by atoms with Crippen molar-refractivity contribution in [1.29, 1.82) is 0 Å². The standard InChI is InChI=1S/C33H44O9/c34-21-27(22-35)42-33(40)24-13-17-26(18-14-24)41-32(39)11-7-2-1-6-10-28-29(31(38)20-30(28)37)19-16-25(36)15-12-23-8-4-3-5-9-23/h1,3-6,8-9,13-14,17-18,25,27-31,34-38H,2,7,10-12,15-16,19-22H2/t25-,28+,29+,30-,31+/m0/s1. The van der Waals surface area contributed by atoms with E-state index in [1.165, 1.54) is 29.8 Å². The van der Waals surface area contributed by atoms with Gasteiger partial charge in [-0.25, -0.2) is 4.79 Å². The van der Waals surface area contributed by atoms with E-state index in [0.29, 0.717) is 44.9 Å². The van der Waals surface area contributed by atoms with E-state index in [9.17, 15) is 24.9 Å². The maximum atomic E-state index is 12.2. The first-order chi connectivity index (χ1) is 20.3. The van der Waals surface area contributed by atoms with Gasteiger partial charge in [0.05, 0.1) is 37.1 Å². The molecule has 1 saturated carbocycles. The highest BCUT2D eigenvalue weighted by atomic mass is 16.6. The van der Waals surface area contributed by atoms with Gasteiger partial charge in [0.2, 0.25) is 0 Å². The number of aryl methyl sites for hydroxylation is 1. The van der Waals surface area contributed by atoms with Gasteiger partial charge in [-0.15, -0.1) is 0 Å². The molecule has 230 valence electrons. The van der Waals surface area contributed by atoms with Gasteiger partial charge in [0.25, 0.3) is 0 Å². The minimum absolute atomic E-state index is 0.0648. The zero-order valence-electron chi connectivity index (χ0n) is 24.0. The van der Waals surface area contributed by atoms with Crippen LogP contribution in [0.15, 0.2) is 66.7 Å². The molecule has 1 fully saturated rings. The summed E-state index contributed by atoms with van der Waals surface area (Å²) in [6.45, 7) is -0.972. The molecule has 9 heteroatoms. The van der Waals surface area contributed by atoms with Gasteiger partial charge in [-0.2, -0.15) is 0 Å². The van der Waals surface area contributed by atoms with E-state index in [1.54, 1.807) is 0 Å². The second-order valence-electron chi connectivity index (χ2n) is 10.9. The Balaban J connectivity index is 1.34. The van der Waals surface area contributed by atoms with Crippen LogP contribution in [0.25, 0.3) is 0 Å². The molecular formula is C33H44O9. The number of rotatable bonds is 17. The molecule has 5 atom stereocenters. The van der Waals surface area contributed by atoms with Gasteiger partial charge in [0.1, 0.15) is 11.9 Å². The number of ether oxygens (including phenoxy) is 2. The minimum atomic E-state index is -0.991.